The molecule has 2 N–H and O–H groups in total. The van der Waals surface area contributed by atoms with Crippen molar-refractivity contribution in [3.05, 3.63) is 0 Å². The third-order valence-electron chi connectivity index (χ3n) is 4.47. The molecule has 1 rings (SSSR count). The molecule has 11 heteroatoms. The number of aliphatic imine (C=N–C) groups is 1. The van der Waals surface area contributed by atoms with Crippen molar-refractivity contribution >= 4 is 41.9 Å². The van der Waals surface area contributed by atoms with Crippen LogP contribution >= 0.6 is 24.0 Å². The Bertz CT molecular complexity index is 622. The average Bonchev–Trinajstić information content (AvgIpc) is 2.82. The first-order valence-electron chi connectivity index (χ1n) is 10.2. The van der Waals surface area contributed by atoms with Gasteiger partial charge in [-0.1, -0.05) is 0 Å². The van der Waals surface area contributed by atoms with Gasteiger partial charge in [0.15, 0.2) is 5.96 Å². The van der Waals surface area contributed by atoms with Crippen LogP contribution in [0.1, 0.15) is 41.5 Å². The quantitative estimate of drug-likeness (QED) is 0.212. The number of guanidine groups is 1. The molecule has 0 aromatic carbocycles. The number of methoxy groups -OCH3 is 1. The van der Waals surface area contributed by atoms with Gasteiger partial charge in [-0.2, -0.15) is 0 Å². The van der Waals surface area contributed by atoms with Gasteiger partial charge < -0.3 is 29.7 Å². The van der Waals surface area contributed by atoms with Crippen molar-refractivity contribution < 1.29 is 23.8 Å². The van der Waals surface area contributed by atoms with Crippen LogP contribution in [0.2, 0.25) is 0 Å². The molecule has 2 unspecified atom stereocenters. The summed E-state index contributed by atoms with van der Waals surface area (Å²) in [5.74, 6) is 0.347. The van der Waals surface area contributed by atoms with E-state index in [1.165, 1.54) is 4.90 Å². The van der Waals surface area contributed by atoms with Crippen molar-refractivity contribution in [2.45, 2.75) is 65.0 Å². The molecule has 10 nitrogen and oxygen atoms in total. The predicted octanol–water partition coefficient (Wildman–Crippen LogP) is 1.63. The Kier molecular flexibility index (Phi) is 12.1. The van der Waals surface area contributed by atoms with Gasteiger partial charge in [0.2, 0.25) is 5.91 Å². The lowest BCUT2D eigenvalue weighted by atomic mass is 10.1. The van der Waals surface area contributed by atoms with Gasteiger partial charge in [0, 0.05) is 34.3 Å². The number of halogens is 1. The molecular formula is C20H40IN5O5. The third-order valence-corrected chi connectivity index (χ3v) is 4.47. The van der Waals surface area contributed by atoms with Gasteiger partial charge >= 0.3 is 6.09 Å². The maximum Gasteiger partial charge on any atom is 0.412 e. The van der Waals surface area contributed by atoms with Crippen LogP contribution in [0.25, 0.3) is 0 Å². The van der Waals surface area contributed by atoms with Crippen molar-refractivity contribution in [1.82, 2.24) is 20.4 Å². The number of likely N-dealkylation sites (N-methyl/N-ethyl adjacent to an activating group) is 1. The van der Waals surface area contributed by atoms with Crippen molar-refractivity contribution in [2.24, 2.45) is 4.99 Å². The zero-order chi connectivity index (χ0) is 23.1. The molecule has 182 valence electrons. The molecule has 0 aromatic rings. The fourth-order valence-corrected chi connectivity index (χ4v) is 3.06. The molecular weight excluding hydrogens is 517 g/mol. The van der Waals surface area contributed by atoms with E-state index >= 15 is 0 Å². The molecule has 0 saturated carbocycles. The highest BCUT2D eigenvalue weighted by Crippen LogP contribution is 2.33. The second-order valence-electron chi connectivity index (χ2n) is 8.94. The number of carbonyl (C=O) groups is 2. The molecule has 0 bridgehead atoms. The lowest BCUT2D eigenvalue weighted by Gasteiger charge is -2.35. The fraction of sp³-hybridized carbons (Fsp3) is 0.850. The van der Waals surface area contributed by atoms with Crippen LogP contribution in [-0.2, 0) is 19.0 Å². The van der Waals surface area contributed by atoms with E-state index in [4.69, 9.17) is 14.2 Å². The van der Waals surface area contributed by atoms with E-state index < -0.39 is 17.4 Å². The normalized spacial score (nSPS) is 20.7. The van der Waals surface area contributed by atoms with Crippen molar-refractivity contribution in [1.29, 1.82) is 0 Å². The summed E-state index contributed by atoms with van der Waals surface area (Å²) in [6, 6.07) is -0.283. The van der Waals surface area contributed by atoms with Crippen LogP contribution in [0, 0.1) is 0 Å². The van der Waals surface area contributed by atoms with E-state index in [0.29, 0.717) is 25.7 Å². The summed E-state index contributed by atoms with van der Waals surface area (Å²) in [6.45, 7) is 12.5. The van der Waals surface area contributed by atoms with E-state index in [1.807, 2.05) is 41.5 Å². The molecule has 2 amide bonds. The molecule has 1 fully saturated rings. The molecule has 0 aliphatic carbocycles. The lowest BCUT2D eigenvalue weighted by Crippen LogP contribution is -2.54. The molecule has 2 atom stereocenters. The van der Waals surface area contributed by atoms with Gasteiger partial charge in [-0.3, -0.25) is 9.69 Å². The molecule has 1 aliphatic heterocycles. The highest BCUT2D eigenvalue weighted by atomic mass is 127. The topological polar surface area (TPSA) is 105 Å². The summed E-state index contributed by atoms with van der Waals surface area (Å²) in [5.41, 5.74) is -1.42. The fourth-order valence-electron chi connectivity index (χ4n) is 3.06. The standard InChI is InChI=1S/C20H39N5O5.HI/c1-14-15(25(20(5,6)29-14)18(27)30-19(2,3)4)12-22-17(21-10-11-28-9)23-13-16(26)24(7)8;/h14-15H,10-13H2,1-9H3,(H2,21,22,23);1H. The van der Waals surface area contributed by atoms with Gasteiger partial charge in [-0.25, -0.2) is 9.79 Å². The van der Waals surface area contributed by atoms with Gasteiger partial charge in [-0.15, -0.1) is 24.0 Å². The minimum atomic E-state index is -0.810. The highest BCUT2D eigenvalue weighted by molar-refractivity contribution is 14.0. The van der Waals surface area contributed by atoms with E-state index in [0.717, 1.165) is 0 Å². The Morgan fingerprint density at radius 3 is 2.35 bits per heavy atom. The first kappa shape index (κ1) is 29.7. The predicted molar refractivity (Wildman–Crippen MR) is 131 cm³/mol. The second-order valence-corrected chi connectivity index (χ2v) is 8.94. The van der Waals surface area contributed by atoms with Crippen LogP contribution in [0.3, 0.4) is 0 Å². The molecule has 1 aliphatic rings. The Hall–Kier alpha value is -1.34. The summed E-state index contributed by atoms with van der Waals surface area (Å²) in [7, 11) is 4.98. The minimum Gasteiger partial charge on any atom is -0.444 e. The van der Waals surface area contributed by atoms with Crippen molar-refractivity contribution in [2.75, 3.05) is 47.4 Å². The smallest absolute Gasteiger partial charge is 0.412 e. The van der Waals surface area contributed by atoms with E-state index in [1.54, 1.807) is 26.1 Å². The summed E-state index contributed by atoms with van der Waals surface area (Å²) < 4.78 is 16.7. The van der Waals surface area contributed by atoms with Crippen LogP contribution < -0.4 is 10.6 Å². The summed E-state index contributed by atoms with van der Waals surface area (Å²) in [6.07, 6.45) is -0.652. The summed E-state index contributed by atoms with van der Waals surface area (Å²) >= 11 is 0. The van der Waals surface area contributed by atoms with Crippen LogP contribution in [0.5, 0.6) is 0 Å². The molecule has 0 aromatic heterocycles. The van der Waals surface area contributed by atoms with Crippen molar-refractivity contribution in [3.63, 3.8) is 0 Å². The molecule has 0 spiro atoms. The number of hydrogen-bond donors (Lipinski definition) is 2. The zero-order valence-corrected chi connectivity index (χ0v) is 22.6. The van der Waals surface area contributed by atoms with Crippen LogP contribution in [-0.4, -0.2) is 98.7 Å². The average molecular weight is 557 g/mol. The van der Waals surface area contributed by atoms with E-state index in [-0.39, 0.29) is 48.6 Å². The number of carbonyl (C=O) groups excluding carboxylic acids is 2. The Morgan fingerprint density at radius 2 is 1.84 bits per heavy atom. The molecule has 1 saturated heterocycles. The Balaban J connectivity index is 0.00000900. The van der Waals surface area contributed by atoms with Gasteiger partial charge in [0.25, 0.3) is 0 Å². The number of nitrogens with one attached hydrogen (secondary N) is 2. The number of nitrogens with zero attached hydrogens (tertiary/aromatic N) is 3. The van der Waals surface area contributed by atoms with Crippen LogP contribution in [0.4, 0.5) is 4.79 Å². The maximum atomic E-state index is 12.9. The largest absolute Gasteiger partial charge is 0.444 e. The van der Waals surface area contributed by atoms with Crippen molar-refractivity contribution in [3.8, 4) is 0 Å². The lowest BCUT2D eigenvalue weighted by molar-refractivity contribution is -0.127. The number of amides is 2. The minimum absolute atomic E-state index is 0. The molecule has 0 radical (unpaired) electrons. The first-order valence-corrected chi connectivity index (χ1v) is 10.2. The van der Waals surface area contributed by atoms with Gasteiger partial charge in [0.05, 0.1) is 18.8 Å². The second kappa shape index (κ2) is 12.6. The Morgan fingerprint density at radius 1 is 1.23 bits per heavy atom. The number of rotatable bonds is 7. The number of ether oxygens (including phenoxy) is 3. The molecule has 1 heterocycles. The highest BCUT2D eigenvalue weighted by Gasteiger charge is 2.49. The monoisotopic (exact) mass is 557 g/mol. The summed E-state index contributed by atoms with van der Waals surface area (Å²) in [4.78, 5) is 32.2. The van der Waals surface area contributed by atoms with Gasteiger partial charge in [-0.05, 0) is 41.5 Å². The summed E-state index contributed by atoms with van der Waals surface area (Å²) in [5, 5.41) is 6.34. The zero-order valence-electron chi connectivity index (χ0n) is 20.3. The molecule has 31 heavy (non-hydrogen) atoms. The SMILES string of the molecule is COCCNC(=NCC(=O)N(C)C)NCC1C(C)OC(C)(C)N1C(=O)OC(C)(C)C.I. The maximum absolute atomic E-state index is 12.9. The van der Waals surface area contributed by atoms with E-state index in [9.17, 15) is 9.59 Å². The number of hydrogen-bond acceptors (Lipinski definition) is 6. The third kappa shape index (κ3) is 9.77. The van der Waals surface area contributed by atoms with E-state index in [2.05, 4.69) is 15.6 Å². The van der Waals surface area contributed by atoms with Gasteiger partial charge in [0.1, 0.15) is 17.9 Å². The van der Waals surface area contributed by atoms with Crippen LogP contribution in [0.15, 0.2) is 4.99 Å². The Labute approximate surface area is 203 Å². The first-order chi connectivity index (χ1) is 13.8.